The molecule has 3 aromatic rings. The molecule has 0 unspecified atom stereocenters. The summed E-state index contributed by atoms with van der Waals surface area (Å²) in [5.74, 6) is 1.70. The molecule has 4 nitrogen and oxygen atoms in total. The number of benzene rings is 2. The zero-order valence-electron chi connectivity index (χ0n) is 19.1. The molecule has 0 aliphatic heterocycles. The fourth-order valence-electron chi connectivity index (χ4n) is 3.60. The molecule has 0 amide bonds. The number of aromatic nitrogens is 2. The molecule has 30 heavy (non-hydrogen) atoms. The molecule has 1 aromatic heterocycles. The maximum absolute atomic E-state index is 4.90. The Hall–Kier alpha value is -3.01. The predicted molar refractivity (Wildman–Crippen MR) is 128 cm³/mol. The maximum atomic E-state index is 4.90. The van der Waals surface area contributed by atoms with Crippen LogP contribution in [0.3, 0.4) is 0 Å². The predicted octanol–water partition coefficient (Wildman–Crippen LogP) is 6.95. The van der Waals surface area contributed by atoms with Crippen LogP contribution in [-0.2, 0) is 7.05 Å². The van der Waals surface area contributed by atoms with Crippen LogP contribution in [0, 0.1) is 0 Å². The molecule has 0 aliphatic rings. The molecule has 0 fully saturated rings. The largest absolute Gasteiger partial charge is 0.332 e. The maximum Gasteiger partial charge on any atom is 0.154 e. The van der Waals surface area contributed by atoms with Crippen LogP contribution < -0.4 is 0 Å². The van der Waals surface area contributed by atoms with Gasteiger partial charge in [0, 0.05) is 13.2 Å². The summed E-state index contributed by atoms with van der Waals surface area (Å²) in [4.78, 5) is 14.6. The zero-order valence-corrected chi connectivity index (χ0v) is 19.1. The number of imidazole rings is 1. The van der Waals surface area contributed by atoms with Crippen molar-refractivity contribution in [2.45, 2.75) is 53.4 Å². The zero-order chi connectivity index (χ0) is 21.8. The van der Waals surface area contributed by atoms with Gasteiger partial charge in [0.2, 0.25) is 0 Å². The van der Waals surface area contributed by atoms with E-state index in [0.717, 1.165) is 34.3 Å². The molecule has 3 rings (SSSR count). The van der Waals surface area contributed by atoms with Crippen LogP contribution in [0.1, 0.15) is 76.0 Å². The van der Waals surface area contributed by atoms with Crippen molar-refractivity contribution in [3.8, 4) is 0 Å². The number of nitrogens with zero attached hydrogens (tertiary/aromatic N) is 4. The lowest BCUT2D eigenvalue weighted by atomic mass is 10.0. The summed E-state index contributed by atoms with van der Waals surface area (Å²) in [5, 5.41) is 0. The van der Waals surface area contributed by atoms with Crippen molar-refractivity contribution in [1.29, 1.82) is 0 Å². The molecule has 0 saturated heterocycles. The molecule has 0 bridgehead atoms. The first-order chi connectivity index (χ1) is 14.3. The second-order valence-corrected chi connectivity index (χ2v) is 8.38. The molecule has 0 N–H and O–H groups in total. The summed E-state index contributed by atoms with van der Waals surface area (Å²) in [5.41, 5.74) is 7.18. The Morgan fingerprint density at radius 2 is 1.23 bits per heavy atom. The molecular formula is C26H32N4. The average molecular weight is 401 g/mol. The highest BCUT2D eigenvalue weighted by molar-refractivity contribution is 6.02. The third-order valence-electron chi connectivity index (χ3n) is 5.26. The van der Waals surface area contributed by atoms with Crippen molar-refractivity contribution in [3.63, 3.8) is 0 Å². The summed E-state index contributed by atoms with van der Waals surface area (Å²) >= 11 is 0. The number of rotatable bonds is 6. The first-order valence-electron chi connectivity index (χ1n) is 10.6. The van der Waals surface area contributed by atoms with E-state index in [-0.39, 0.29) is 0 Å². The Balaban J connectivity index is 1.96. The molecule has 0 atom stereocenters. The van der Waals surface area contributed by atoms with E-state index in [4.69, 9.17) is 15.0 Å². The minimum absolute atomic E-state index is 0.421. The second kappa shape index (κ2) is 9.21. The molecule has 0 radical (unpaired) electrons. The van der Waals surface area contributed by atoms with Crippen molar-refractivity contribution < 1.29 is 0 Å². The van der Waals surface area contributed by atoms with E-state index in [9.17, 15) is 0 Å². The van der Waals surface area contributed by atoms with Crippen LogP contribution in [0.2, 0.25) is 0 Å². The van der Waals surface area contributed by atoms with Gasteiger partial charge in [-0.05, 0) is 48.9 Å². The topological polar surface area (TPSA) is 42.5 Å². The summed E-state index contributed by atoms with van der Waals surface area (Å²) in [6.45, 7) is 12.8. The lowest BCUT2D eigenvalue weighted by Gasteiger charge is -2.10. The Bertz CT molecular complexity index is 1080. The summed E-state index contributed by atoms with van der Waals surface area (Å²) in [7, 11) is 2.01. The second-order valence-electron chi connectivity index (χ2n) is 8.38. The van der Waals surface area contributed by atoms with Crippen molar-refractivity contribution in [1.82, 2.24) is 9.55 Å². The lowest BCUT2D eigenvalue weighted by Crippen LogP contribution is -2.04. The minimum atomic E-state index is 0.421. The van der Waals surface area contributed by atoms with Crippen LogP contribution >= 0.6 is 0 Å². The molecule has 156 valence electrons. The van der Waals surface area contributed by atoms with Crippen molar-refractivity contribution >= 4 is 22.8 Å². The Morgan fingerprint density at radius 3 is 1.73 bits per heavy atom. The van der Waals surface area contributed by atoms with E-state index >= 15 is 0 Å². The monoisotopic (exact) mass is 400 g/mol. The molecule has 1 heterocycles. The summed E-state index contributed by atoms with van der Waals surface area (Å²) in [6.07, 6.45) is 2.03. The third kappa shape index (κ3) is 4.76. The quantitative estimate of drug-likeness (QED) is 0.413. The first-order valence-corrected chi connectivity index (χ1v) is 10.6. The molecule has 0 spiro atoms. The normalized spacial score (nSPS) is 12.8. The van der Waals surface area contributed by atoms with E-state index in [0.29, 0.717) is 11.8 Å². The lowest BCUT2D eigenvalue weighted by molar-refractivity contribution is 0.866. The van der Waals surface area contributed by atoms with Gasteiger partial charge in [-0.25, -0.2) is 9.98 Å². The number of para-hydroxylation sites is 2. The van der Waals surface area contributed by atoms with Crippen LogP contribution in [0.5, 0.6) is 0 Å². The molecular weight excluding hydrogens is 368 g/mol. The van der Waals surface area contributed by atoms with Gasteiger partial charge in [-0.2, -0.15) is 0 Å². The SMILES string of the molecule is C/C(=N\c1ccccc1C(C)C)c1cn(C)c(/C(C)=N/c2ccccc2C(C)C)n1. The molecule has 0 saturated carbocycles. The van der Waals surface area contributed by atoms with Crippen LogP contribution in [0.15, 0.2) is 64.7 Å². The van der Waals surface area contributed by atoms with Crippen molar-refractivity contribution in [2.75, 3.05) is 0 Å². The third-order valence-corrected chi connectivity index (χ3v) is 5.26. The summed E-state index contributed by atoms with van der Waals surface area (Å²) in [6, 6.07) is 16.6. The Kier molecular flexibility index (Phi) is 6.66. The molecule has 4 heteroatoms. The highest BCUT2D eigenvalue weighted by atomic mass is 15.1. The van der Waals surface area contributed by atoms with Gasteiger partial charge >= 0.3 is 0 Å². The van der Waals surface area contributed by atoms with Gasteiger partial charge in [-0.15, -0.1) is 0 Å². The molecule has 0 aliphatic carbocycles. The van der Waals surface area contributed by atoms with Crippen LogP contribution in [0.4, 0.5) is 11.4 Å². The van der Waals surface area contributed by atoms with Crippen LogP contribution in [-0.4, -0.2) is 21.0 Å². The van der Waals surface area contributed by atoms with E-state index < -0.39 is 0 Å². The molecule has 2 aromatic carbocycles. The standard InChI is InChI=1S/C26H32N4/c1-17(2)21-12-8-10-14-23(21)27-19(5)25-16-30(7)26(29-25)20(6)28-24-15-11-9-13-22(24)18(3)4/h8-18H,1-7H3/b27-19+,28-20+. The summed E-state index contributed by atoms with van der Waals surface area (Å²) < 4.78 is 2.03. The van der Waals surface area contributed by atoms with Crippen LogP contribution in [0.25, 0.3) is 0 Å². The van der Waals surface area contributed by atoms with E-state index in [1.54, 1.807) is 0 Å². The van der Waals surface area contributed by atoms with Gasteiger partial charge in [-0.3, -0.25) is 4.99 Å². The number of hydrogen-bond donors (Lipinski definition) is 0. The van der Waals surface area contributed by atoms with Crippen molar-refractivity contribution in [2.24, 2.45) is 17.0 Å². The van der Waals surface area contributed by atoms with E-state index in [1.807, 2.05) is 43.8 Å². The van der Waals surface area contributed by atoms with E-state index in [1.165, 1.54) is 11.1 Å². The number of aryl methyl sites for hydroxylation is 1. The average Bonchev–Trinajstić information content (AvgIpc) is 3.10. The fourth-order valence-corrected chi connectivity index (χ4v) is 3.60. The number of aliphatic imine (C=N–C) groups is 2. The smallest absolute Gasteiger partial charge is 0.154 e. The van der Waals surface area contributed by atoms with Gasteiger partial charge < -0.3 is 4.57 Å². The van der Waals surface area contributed by atoms with Gasteiger partial charge in [0.15, 0.2) is 5.82 Å². The van der Waals surface area contributed by atoms with Gasteiger partial charge in [0.25, 0.3) is 0 Å². The fraction of sp³-hybridized carbons (Fsp3) is 0.346. The van der Waals surface area contributed by atoms with E-state index in [2.05, 4.69) is 64.1 Å². The first kappa shape index (κ1) is 21.7. The highest BCUT2D eigenvalue weighted by Gasteiger charge is 2.13. The minimum Gasteiger partial charge on any atom is -0.332 e. The Labute approximate surface area is 180 Å². The van der Waals surface area contributed by atoms with Gasteiger partial charge in [0.1, 0.15) is 5.69 Å². The van der Waals surface area contributed by atoms with Crippen molar-refractivity contribution in [3.05, 3.63) is 77.4 Å². The van der Waals surface area contributed by atoms with Gasteiger partial charge in [-0.1, -0.05) is 64.1 Å². The van der Waals surface area contributed by atoms with Gasteiger partial charge in [0.05, 0.1) is 22.8 Å². The Morgan fingerprint density at radius 1 is 0.767 bits per heavy atom. The number of hydrogen-bond acceptors (Lipinski definition) is 3. The highest BCUT2D eigenvalue weighted by Crippen LogP contribution is 2.28.